The second-order valence-corrected chi connectivity index (χ2v) is 9.02. The predicted octanol–water partition coefficient (Wildman–Crippen LogP) is 0.749. The van der Waals surface area contributed by atoms with Crippen LogP contribution in [0.1, 0.15) is 37.0 Å². The average molecular weight is 393 g/mol. The maximum atomic E-state index is 13.0. The molecule has 1 fully saturated rings. The van der Waals surface area contributed by atoms with Crippen molar-refractivity contribution >= 4 is 26.6 Å². The van der Waals surface area contributed by atoms with Gasteiger partial charge in [-0.05, 0) is 38.0 Å². The van der Waals surface area contributed by atoms with Gasteiger partial charge in [-0.1, -0.05) is 6.92 Å². The van der Waals surface area contributed by atoms with Crippen LogP contribution in [0.4, 0.5) is 0 Å². The van der Waals surface area contributed by atoms with E-state index in [4.69, 9.17) is 0 Å². The van der Waals surface area contributed by atoms with Gasteiger partial charge in [-0.15, -0.1) is 0 Å². The highest BCUT2D eigenvalue weighted by Crippen LogP contribution is 2.21. The van der Waals surface area contributed by atoms with Crippen molar-refractivity contribution in [3.05, 3.63) is 44.6 Å². The van der Waals surface area contributed by atoms with Gasteiger partial charge in [0, 0.05) is 24.7 Å². The molecule has 1 aromatic carbocycles. The van der Waals surface area contributed by atoms with E-state index < -0.39 is 21.1 Å². The lowest BCUT2D eigenvalue weighted by Gasteiger charge is -2.28. The SMILES string of the molecule is CCCN(C(=O)c1ccc2c(=O)n(CC)c(=O)[nH]c2c1)C1CCS(=O)(=O)C1. The lowest BCUT2D eigenvalue weighted by molar-refractivity contribution is 0.0697. The zero-order chi connectivity index (χ0) is 19.8. The third kappa shape index (κ3) is 3.69. The smallest absolute Gasteiger partial charge is 0.328 e. The molecular formula is C18H23N3O5S. The van der Waals surface area contributed by atoms with Crippen molar-refractivity contribution in [3.8, 4) is 0 Å². The van der Waals surface area contributed by atoms with E-state index in [1.54, 1.807) is 17.9 Å². The number of amides is 1. The molecule has 0 aliphatic carbocycles. The molecule has 1 unspecified atom stereocenters. The van der Waals surface area contributed by atoms with Crippen molar-refractivity contribution in [2.75, 3.05) is 18.1 Å². The third-order valence-corrected chi connectivity index (χ3v) is 6.67. The molecule has 2 heterocycles. The minimum absolute atomic E-state index is 0.0234. The molecular weight excluding hydrogens is 370 g/mol. The first-order valence-corrected chi connectivity index (χ1v) is 10.9. The molecule has 27 heavy (non-hydrogen) atoms. The van der Waals surface area contributed by atoms with Crippen LogP contribution in [-0.2, 0) is 16.4 Å². The number of H-pyrrole nitrogens is 1. The number of nitrogens with one attached hydrogen (secondary N) is 1. The van der Waals surface area contributed by atoms with Gasteiger partial charge < -0.3 is 9.88 Å². The maximum absolute atomic E-state index is 13.0. The summed E-state index contributed by atoms with van der Waals surface area (Å²) in [6.07, 6.45) is 1.13. The fraction of sp³-hybridized carbons (Fsp3) is 0.500. The fourth-order valence-electron chi connectivity index (χ4n) is 3.55. The van der Waals surface area contributed by atoms with E-state index in [2.05, 4.69) is 4.98 Å². The van der Waals surface area contributed by atoms with Gasteiger partial charge in [0.05, 0.1) is 22.4 Å². The summed E-state index contributed by atoms with van der Waals surface area (Å²) in [6, 6.07) is 4.23. The van der Waals surface area contributed by atoms with Crippen LogP contribution in [0.25, 0.3) is 10.9 Å². The molecule has 1 amide bonds. The van der Waals surface area contributed by atoms with Crippen LogP contribution in [0.3, 0.4) is 0 Å². The highest BCUT2D eigenvalue weighted by Gasteiger charge is 2.34. The van der Waals surface area contributed by atoms with Gasteiger partial charge in [0.1, 0.15) is 0 Å². The van der Waals surface area contributed by atoms with Gasteiger partial charge in [0.15, 0.2) is 9.84 Å². The Bertz CT molecular complexity index is 1100. The quantitative estimate of drug-likeness (QED) is 0.806. The average Bonchev–Trinajstić information content (AvgIpc) is 2.98. The molecule has 9 heteroatoms. The topological polar surface area (TPSA) is 109 Å². The molecule has 8 nitrogen and oxygen atoms in total. The number of hydrogen-bond donors (Lipinski definition) is 1. The van der Waals surface area contributed by atoms with Gasteiger partial charge in [-0.25, -0.2) is 13.2 Å². The molecule has 0 bridgehead atoms. The van der Waals surface area contributed by atoms with Crippen molar-refractivity contribution < 1.29 is 13.2 Å². The minimum atomic E-state index is -3.11. The van der Waals surface area contributed by atoms with Gasteiger partial charge in [-0.3, -0.25) is 14.2 Å². The van der Waals surface area contributed by atoms with E-state index in [1.165, 1.54) is 12.1 Å². The number of rotatable bonds is 5. The Labute approximate surface area is 156 Å². The van der Waals surface area contributed by atoms with E-state index in [-0.39, 0.29) is 30.0 Å². The van der Waals surface area contributed by atoms with Gasteiger partial charge in [0.2, 0.25) is 0 Å². The second kappa shape index (κ2) is 7.30. The van der Waals surface area contributed by atoms with Gasteiger partial charge in [0.25, 0.3) is 11.5 Å². The molecule has 146 valence electrons. The first-order valence-electron chi connectivity index (χ1n) is 9.05. The predicted molar refractivity (Wildman–Crippen MR) is 103 cm³/mol. The summed E-state index contributed by atoms with van der Waals surface area (Å²) in [6.45, 7) is 4.34. The van der Waals surface area contributed by atoms with Crippen molar-refractivity contribution in [1.29, 1.82) is 0 Å². The standard InChI is InChI=1S/C18H23N3O5S/c1-3-8-21(13-7-9-27(25,26)11-13)16(22)12-5-6-14-15(10-12)19-18(24)20(4-2)17(14)23/h5-6,10,13H,3-4,7-9,11H2,1-2H3,(H,19,24). The van der Waals surface area contributed by atoms with Crippen molar-refractivity contribution in [3.63, 3.8) is 0 Å². The molecule has 0 saturated carbocycles. The summed E-state index contributed by atoms with van der Waals surface area (Å²) in [5.41, 5.74) is -0.296. The molecule has 1 aromatic heterocycles. The number of carbonyl (C=O) groups is 1. The Morgan fingerprint density at radius 2 is 2.04 bits per heavy atom. The largest absolute Gasteiger partial charge is 0.335 e. The van der Waals surface area contributed by atoms with E-state index in [0.717, 1.165) is 4.57 Å². The zero-order valence-electron chi connectivity index (χ0n) is 15.4. The number of sulfone groups is 1. The fourth-order valence-corrected chi connectivity index (χ4v) is 5.28. The molecule has 1 saturated heterocycles. The first kappa shape index (κ1) is 19.3. The summed E-state index contributed by atoms with van der Waals surface area (Å²) in [5.74, 6) is -0.224. The highest BCUT2D eigenvalue weighted by molar-refractivity contribution is 7.91. The van der Waals surface area contributed by atoms with Crippen LogP contribution in [0.15, 0.2) is 27.8 Å². The lowest BCUT2D eigenvalue weighted by Crippen LogP contribution is -2.41. The van der Waals surface area contributed by atoms with Gasteiger partial charge in [-0.2, -0.15) is 0 Å². The van der Waals surface area contributed by atoms with E-state index in [1.807, 2.05) is 6.92 Å². The number of carbonyl (C=O) groups excluding carboxylic acids is 1. The summed E-state index contributed by atoms with van der Waals surface area (Å²) in [5, 5.41) is 0.332. The Balaban J connectivity index is 2.01. The number of fused-ring (bicyclic) bond motifs is 1. The summed E-state index contributed by atoms with van der Waals surface area (Å²) in [7, 11) is -3.11. The van der Waals surface area contributed by atoms with Crippen LogP contribution in [-0.4, -0.2) is 52.9 Å². The number of aromatic amines is 1. The summed E-state index contributed by atoms with van der Waals surface area (Å²) in [4.78, 5) is 41.6. The van der Waals surface area contributed by atoms with Crippen LogP contribution in [0, 0.1) is 0 Å². The molecule has 1 aliphatic heterocycles. The Morgan fingerprint density at radius 3 is 2.63 bits per heavy atom. The zero-order valence-corrected chi connectivity index (χ0v) is 16.2. The Hall–Kier alpha value is -2.42. The van der Waals surface area contributed by atoms with E-state index in [9.17, 15) is 22.8 Å². The highest BCUT2D eigenvalue weighted by atomic mass is 32.2. The van der Waals surface area contributed by atoms with Crippen molar-refractivity contribution in [1.82, 2.24) is 14.5 Å². The normalized spacial score (nSPS) is 18.7. The molecule has 0 radical (unpaired) electrons. The number of hydrogen-bond acceptors (Lipinski definition) is 5. The molecule has 1 aliphatic rings. The van der Waals surface area contributed by atoms with Crippen LogP contribution >= 0.6 is 0 Å². The summed E-state index contributed by atoms with van der Waals surface area (Å²) >= 11 is 0. The van der Waals surface area contributed by atoms with Crippen LogP contribution < -0.4 is 11.2 Å². The van der Waals surface area contributed by atoms with Crippen LogP contribution in [0.5, 0.6) is 0 Å². The van der Waals surface area contributed by atoms with E-state index >= 15 is 0 Å². The molecule has 1 atom stereocenters. The molecule has 2 aromatic rings. The third-order valence-electron chi connectivity index (χ3n) is 4.92. The summed E-state index contributed by atoms with van der Waals surface area (Å²) < 4.78 is 24.7. The minimum Gasteiger partial charge on any atom is -0.335 e. The monoisotopic (exact) mass is 393 g/mol. The van der Waals surface area contributed by atoms with Crippen molar-refractivity contribution in [2.24, 2.45) is 0 Å². The number of nitrogens with zero attached hydrogens (tertiary/aromatic N) is 2. The Morgan fingerprint density at radius 1 is 1.30 bits per heavy atom. The number of aromatic nitrogens is 2. The molecule has 3 rings (SSSR count). The number of benzene rings is 1. The van der Waals surface area contributed by atoms with Gasteiger partial charge >= 0.3 is 5.69 Å². The van der Waals surface area contributed by atoms with E-state index in [0.29, 0.717) is 35.9 Å². The lowest BCUT2D eigenvalue weighted by atomic mass is 10.1. The van der Waals surface area contributed by atoms with Crippen molar-refractivity contribution in [2.45, 2.75) is 39.3 Å². The maximum Gasteiger partial charge on any atom is 0.328 e. The Kier molecular flexibility index (Phi) is 5.23. The second-order valence-electron chi connectivity index (χ2n) is 6.80. The van der Waals surface area contributed by atoms with Crippen LogP contribution in [0.2, 0.25) is 0 Å². The first-order chi connectivity index (χ1) is 12.8. The molecule has 1 N–H and O–H groups in total. The molecule has 0 spiro atoms.